The molecule has 0 amide bonds. The molecule has 0 aliphatic heterocycles. The van der Waals surface area contributed by atoms with E-state index in [0.29, 0.717) is 33.8 Å². The van der Waals surface area contributed by atoms with Gasteiger partial charge in [-0.1, -0.05) is 11.6 Å². The van der Waals surface area contributed by atoms with Crippen molar-refractivity contribution < 1.29 is 49.4 Å². The number of hydrogen-bond donors (Lipinski definition) is 1. The van der Waals surface area contributed by atoms with Crippen molar-refractivity contribution >= 4 is 27.6 Å². The van der Waals surface area contributed by atoms with Crippen molar-refractivity contribution in [1.29, 1.82) is 0 Å². The van der Waals surface area contributed by atoms with Gasteiger partial charge in [-0.25, -0.2) is 13.2 Å². The molecule has 0 spiro atoms. The summed E-state index contributed by atoms with van der Waals surface area (Å²) in [5, 5.41) is 9.10. The van der Waals surface area contributed by atoms with E-state index in [1.54, 1.807) is 6.92 Å². The number of aliphatic carboxylic acids is 1. The second-order valence-electron chi connectivity index (χ2n) is 8.23. The molecule has 0 fully saturated rings. The summed E-state index contributed by atoms with van der Waals surface area (Å²) in [6.45, 7) is 0.877. The molecule has 1 N–H and O–H groups in total. The lowest BCUT2D eigenvalue weighted by molar-refractivity contribution is -0.143. The Balaban J connectivity index is 2.13. The number of hydrogen-bond acceptors (Lipinski definition) is 4. The van der Waals surface area contributed by atoms with Crippen LogP contribution in [0.15, 0.2) is 29.2 Å². The van der Waals surface area contributed by atoms with Crippen LogP contribution in [0, 0.1) is 6.92 Å². The Kier molecular flexibility index (Phi) is 7.60. The third-order valence-electron chi connectivity index (χ3n) is 5.88. The lowest BCUT2D eigenvalue weighted by atomic mass is 9.86. The van der Waals surface area contributed by atoms with Gasteiger partial charge in [-0.2, -0.15) is 30.6 Å². The van der Waals surface area contributed by atoms with E-state index < -0.39 is 57.0 Å². The van der Waals surface area contributed by atoms with Gasteiger partial charge in [-0.05, 0) is 61.6 Å². The highest BCUT2D eigenvalue weighted by Gasteiger charge is 2.40. The van der Waals surface area contributed by atoms with E-state index >= 15 is 0 Å². The van der Waals surface area contributed by atoms with Crippen molar-refractivity contribution in [3.05, 3.63) is 57.1 Å². The van der Waals surface area contributed by atoms with E-state index in [0.717, 1.165) is 7.05 Å². The molecule has 14 heteroatoms. The van der Waals surface area contributed by atoms with Crippen molar-refractivity contribution in [2.24, 2.45) is 0 Å². The number of halogens is 7. The normalized spacial score (nSPS) is 16.7. The lowest BCUT2D eigenvalue weighted by Crippen LogP contribution is -2.34. The number of carbonyl (C=O) groups is 1. The molecule has 198 valence electrons. The second-order valence-corrected chi connectivity index (χ2v) is 10.6. The number of ether oxygens (including phenoxy) is 1. The van der Waals surface area contributed by atoms with Gasteiger partial charge in [0.2, 0.25) is 10.0 Å². The van der Waals surface area contributed by atoms with Gasteiger partial charge >= 0.3 is 18.3 Å². The van der Waals surface area contributed by atoms with Crippen LogP contribution in [0.3, 0.4) is 0 Å². The third-order valence-corrected chi connectivity index (χ3v) is 8.12. The minimum atomic E-state index is -5.22. The van der Waals surface area contributed by atoms with Crippen molar-refractivity contribution in [3.8, 4) is 5.75 Å². The molecule has 1 aliphatic rings. The van der Waals surface area contributed by atoms with E-state index in [1.165, 1.54) is 6.07 Å². The summed E-state index contributed by atoms with van der Waals surface area (Å²) in [5.41, 5.74) is -2.30. The van der Waals surface area contributed by atoms with Crippen molar-refractivity contribution in [2.45, 2.75) is 49.5 Å². The SMILES string of the molecule is Cc1c(Cl)cc2c(c1OCC(=O)O)CCCC2N(C)S(=O)(=O)c1cc(C(F)(F)F)cc(C(F)(F)F)c1. The van der Waals surface area contributed by atoms with E-state index in [2.05, 4.69) is 0 Å². The molecule has 3 rings (SSSR count). The maximum absolute atomic E-state index is 13.3. The van der Waals surface area contributed by atoms with Gasteiger partial charge in [0.25, 0.3) is 0 Å². The number of sulfonamides is 1. The Morgan fingerprint density at radius 2 is 1.67 bits per heavy atom. The number of alkyl halides is 6. The Bertz CT molecular complexity index is 1260. The van der Waals surface area contributed by atoms with Crippen LogP contribution in [0.25, 0.3) is 0 Å². The summed E-state index contributed by atoms with van der Waals surface area (Å²) in [5.74, 6) is -1.12. The van der Waals surface area contributed by atoms with Crippen molar-refractivity contribution in [3.63, 3.8) is 0 Å². The zero-order chi connectivity index (χ0) is 27.2. The van der Waals surface area contributed by atoms with Gasteiger partial charge in [0.1, 0.15) is 5.75 Å². The number of carboxylic acids is 1. The average molecular weight is 560 g/mol. The van der Waals surface area contributed by atoms with Crippen LogP contribution in [-0.4, -0.2) is 37.5 Å². The molecular weight excluding hydrogens is 540 g/mol. The largest absolute Gasteiger partial charge is 0.481 e. The van der Waals surface area contributed by atoms with E-state index in [1.807, 2.05) is 0 Å². The number of fused-ring (bicyclic) bond motifs is 1. The number of rotatable bonds is 6. The highest BCUT2D eigenvalue weighted by Crippen LogP contribution is 2.45. The Hall–Kier alpha value is -2.51. The monoisotopic (exact) mass is 559 g/mol. The average Bonchev–Trinajstić information content (AvgIpc) is 2.77. The predicted molar refractivity (Wildman–Crippen MR) is 116 cm³/mol. The van der Waals surface area contributed by atoms with Crippen LogP contribution in [0.4, 0.5) is 26.3 Å². The van der Waals surface area contributed by atoms with Gasteiger partial charge < -0.3 is 9.84 Å². The second kappa shape index (κ2) is 9.75. The van der Waals surface area contributed by atoms with Gasteiger partial charge in [0.05, 0.1) is 22.1 Å². The Morgan fingerprint density at radius 1 is 1.11 bits per heavy atom. The fraction of sp³-hybridized carbons (Fsp3) is 0.409. The van der Waals surface area contributed by atoms with Gasteiger partial charge in [0.15, 0.2) is 6.61 Å². The zero-order valence-electron chi connectivity index (χ0n) is 18.8. The first-order valence-electron chi connectivity index (χ1n) is 10.4. The van der Waals surface area contributed by atoms with Gasteiger partial charge in [-0.3, -0.25) is 0 Å². The first-order valence-corrected chi connectivity index (χ1v) is 12.2. The van der Waals surface area contributed by atoms with Gasteiger partial charge in [0, 0.05) is 17.6 Å². The molecule has 0 bridgehead atoms. The molecule has 0 radical (unpaired) electrons. The first-order chi connectivity index (χ1) is 16.4. The maximum Gasteiger partial charge on any atom is 0.416 e. The third kappa shape index (κ3) is 5.57. The van der Waals surface area contributed by atoms with Crippen LogP contribution >= 0.6 is 11.6 Å². The van der Waals surface area contributed by atoms with Crippen LogP contribution in [0.1, 0.15) is 46.7 Å². The molecule has 0 saturated heterocycles. The summed E-state index contributed by atoms with van der Waals surface area (Å²) in [6, 6.07) is 0.614. The van der Waals surface area contributed by atoms with Crippen molar-refractivity contribution in [1.82, 2.24) is 4.31 Å². The minimum absolute atomic E-state index is 0.130. The Labute approximate surface area is 207 Å². The van der Waals surface area contributed by atoms with Crippen molar-refractivity contribution in [2.75, 3.05) is 13.7 Å². The molecule has 0 heterocycles. The molecule has 2 aromatic carbocycles. The predicted octanol–water partition coefficient (Wildman–Crippen LogP) is 5.85. The smallest absolute Gasteiger partial charge is 0.416 e. The zero-order valence-corrected chi connectivity index (χ0v) is 20.4. The maximum atomic E-state index is 13.3. The molecule has 1 atom stereocenters. The highest BCUT2D eigenvalue weighted by atomic mass is 35.5. The van der Waals surface area contributed by atoms with E-state index in [-0.39, 0.29) is 35.4 Å². The quantitative estimate of drug-likeness (QED) is 0.449. The summed E-state index contributed by atoms with van der Waals surface area (Å²) in [4.78, 5) is 9.82. The molecule has 6 nitrogen and oxygen atoms in total. The summed E-state index contributed by atoms with van der Waals surface area (Å²) >= 11 is 6.26. The van der Waals surface area contributed by atoms with E-state index in [9.17, 15) is 39.6 Å². The minimum Gasteiger partial charge on any atom is -0.481 e. The molecular formula is C22H20ClF6NO5S. The fourth-order valence-electron chi connectivity index (χ4n) is 4.10. The van der Waals surface area contributed by atoms with E-state index in [4.69, 9.17) is 21.4 Å². The molecule has 1 unspecified atom stereocenters. The van der Waals surface area contributed by atoms with Crippen LogP contribution in [0.2, 0.25) is 5.02 Å². The standard InChI is InChI=1S/C22H20ClF6NO5S/c1-11-17(23)9-16-15(20(11)35-10-19(31)32)4-3-5-18(16)30(2)36(33,34)14-7-12(21(24,25)26)6-13(8-14)22(27,28)29/h6-9,18H,3-5,10H2,1-2H3,(H,31,32). The van der Waals surface area contributed by atoms with Crippen LogP contribution < -0.4 is 4.74 Å². The topological polar surface area (TPSA) is 83.9 Å². The molecule has 1 aliphatic carbocycles. The number of nitrogens with zero attached hydrogens (tertiary/aromatic N) is 1. The molecule has 36 heavy (non-hydrogen) atoms. The first kappa shape index (κ1) is 28.1. The highest BCUT2D eigenvalue weighted by molar-refractivity contribution is 7.89. The molecule has 2 aromatic rings. The summed E-state index contributed by atoms with van der Waals surface area (Å²) in [7, 11) is -3.80. The molecule has 0 aromatic heterocycles. The lowest BCUT2D eigenvalue weighted by Gasteiger charge is -2.34. The summed E-state index contributed by atoms with van der Waals surface area (Å²) in [6.07, 6.45) is -9.50. The van der Waals surface area contributed by atoms with Gasteiger partial charge in [-0.15, -0.1) is 0 Å². The Morgan fingerprint density at radius 3 is 2.17 bits per heavy atom. The van der Waals surface area contributed by atoms with Crippen LogP contribution in [-0.2, 0) is 33.6 Å². The van der Waals surface area contributed by atoms with Crippen LogP contribution in [0.5, 0.6) is 5.75 Å². The summed E-state index contributed by atoms with van der Waals surface area (Å²) < 4.78 is 112. The number of benzene rings is 2. The fourth-order valence-corrected chi connectivity index (χ4v) is 5.74. The number of carboxylic acid groups (broad SMARTS) is 1. The molecule has 0 saturated carbocycles.